The summed E-state index contributed by atoms with van der Waals surface area (Å²) in [5, 5.41) is 0. The van der Waals surface area contributed by atoms with E-state index in [0.717, 1.165) is 12.0 Å². The van der Waals surface area contributed by atoms with Crippen molar-refractivity contribution in [3.05, 3.63) is 31.2 Å². The van der Waals surface area contributed by atoms with Crippen LogP contribution in [0.15, 0.2) is 24.3 Å². The first-order valence-corrected chi connectivity index (χ1v) is 2.38. The number of hydrogen-bond donors (Lipinski definition) is 0. The van der Waals surface area contributed by atoms with E-state index in [9.17, 15) is 0 Å². The zero-order chi connectivity index (χ0) is 5.70. The molecule has 0 bridgehead atoms. The van der Waals surface area contributed by atoms with E-state index in [2.05, 4.69) is 13.5 Å². The van der Waals surface area contributed by atoms with Crippen LogP contribution in [-0.4, -0.2) is 0 Å². The minimum atomic E-state index is 0.854. The van der Waals surface area contributed by atoms with Crippen molar-refractivity contribution in [3.8, 4) is 0 Å². The molecule has 0 aromatic rings. The predicted molar refractivity (Wildman–Crippen MR) is 33.9 cm³/mol. The van der Waals surface area contributed by atoms with Crippen molar-refractivity contribution in [1.29, 1.82) is 0 Å². The van der Waals surface area contributed by atoms with Gasteiger partial charge in [0.05, 0.1) is 0 Å². The first-order chi connectivity index (χ1) is 3.27. The van der Waals surface area contributed by atoms with Gasteiger partial charge in [-0.05, 0) is 20.3 Å². The van der Waals surface area contributed by atoms with Crippen LogP contribution in [0.2, 0.25) is 0 Å². The lowest BCUT2D eigenvalue weighted by Gasteiger charge is -1.79. The smallest absolute Gasteiger partial charge is 0.0347 e. The largest absolute Gasteiger partial charge is 0.0961 e. The van der Waals surface area contributed by atoms with Gasteiger partial charge in [0.25, 0.3) is 0 Å². The SMILES string of the molecule is [CH2]C/C=C/C(=C)C. The van der Waals surface area contributed by atoms with Crippen LogP contribution in [0.5, 0.6) is 0 Å². The first kappa shape index (κ1) is 6.48. The molecule has 39 valence electrons. The van der Waals surface area contributed by atoms with Crippen molar-refractivity contribution in [3.63, 3.8) is 0 Å². The highest BCUT2D eigenvalue weighted by atomic mass is 13.7. The third-order valence-electron chi connectivity index (χ3n) is 0.569. The standard InChI is InChI=1S/C7H11/c1-4-5-6-7(2)3/h5-6H,1-2,4H2,3H3/b6-5+. The highest BCUT2D eigenvalue weighted by Gasteiger charge is 1.67. The van der Waals surface area contributed by atoms with Crippen LogP contribution in [0, 0.1) is 6.92 Å². The monoisotopic (exact) mass is 95.1 g/mol. The van der Waals surface area contributed by atoms with Crippen LogP contribution in [0.1, 0.15) is 13.3 Å². The number of rotatable bonds is 2. The molecule has 1 radical (unpaired) electrons. The Morgan fingerprint density at radius 3 is 2.43 bits per heavy atom. The van der Waals surface area contributed by atoms with Crippen LogP contribution in [0.25, 0.3) is 0 Å². The molecule has 0 aromatic heterocycles. The molecule has 0 saturated carbocycles. The molecular weight excluding hydrogens is 84.1 g/mol. The van der Waals surface area contributed by atoms with Gasteiger partial charge in [-0.15, -0.1) is 0 Å². The molecule has 0 aliphatic rings. The van der Waals surface area contributed by atoms with Gasteiger partial charge in [0, 0.05) is 0 Å². The van der Waals surface area contributed by atoms with Crippen molar-refractivity contribution in [2.24, 2.45) is 0 Å². The molecule has 0 N–H and O–H groups in total. The second kappa shape index (κ2) is 3.66. The molecule has 0 nitrogen and oxygen atoms in total. The van der Waals surface area contributed by atoms with Gasteiger partial charge in [-0.1, -0.05) is 24.3 Å². The van der Waals surface area contributed by atoms with E-state index >= 15 is 0 Å². The average molecular weight is 95.2 g/mol. The van der Waals surface area contributed by atoms with Gasteiger partial charge in [0.1, 0.15) is 0 Å². The molecule has 0 unspecified atom stereocenters. The maximum Gasteiger partial charge on any atom is -0.0347 e. The van der Waals surface area contributed by atoms with Gasteiger partial charge in [0.15, 0.2) is 0 Å². The van der Waals surface area contributed by atoms with Crippen molar-refractivity contribution >= 4 is 0 Å². The van der Waals surface area contributed by atoms with Gasteiger partial charge >= 0.3 is 0 Å². The third kappa shape index (κ3) is 5.48. The molecular formula is C7H11. The molecule has 0 aliphatic carbocycles. The second-order valence-electron chi connectivity index (χ2n) is 1.54. The van der Waals surface area contributed by atoms with Gasteiger partial charge in [-0.25, -0.2) is 0 Å². The van der Waals surface area contributed by atoms with Crippen LogP contribution < -0.4 is 0 Å². The Labute approximate surface area is 45.5 Å². The van der Waals surface area contributed by atoms with Crippen molar-refractivity contribution in [2.45, 2.75) is 13.3 Å². The fraction of sp³-hybridized carbons (Fsp3) is 0.286. The summed E-state index contributed by atoms with van der Waals surface area (Å²) in [5.41, 5.74) is 1.09. The zero-order valence-corrected chi connectivity index (χ0v) is 4.78. The summed E-state index contributed by atoms with van der Waals surface area (Å²) in [6, 6.07) is 0. The fourth-order valence-electron chi connectivity index (χ4n) is 0.285. The molecule has 0 saturated heterocycles. The average Bonchev–Trinajstić information content (AvgIpc) is 1.61. The summed E-state index contributed by atoms with van der Waals surface area (Å²) in [5.74, 6) is 0. The van der Waals surface area contributed by atoms with E-state index in [-0.39, 0.29) is 0 Å². The Hall–Kier alpha value is -0.520. The van der Waals surface area contributed by atoms with Gasteiger partial charge in [-0.2, -0.15) is 0 Å². The Morgan fingerprint density at radius 2 is 2.29 bits per heavy atom. The fourth-order valence-corrected chi connectivity index (χ4v) is 0.285. The number of hydrogen-bond acceptors (Lipinski definition) is 0. The first-order valence-electron chi connectivity index (χ1n) is 2.38. The Balaban J connectivity index is 3.26. The van der Waals surface area contributed by atoms with E-state index in [0.29, 0.717) is 0 Å². The molecule has 0 aromatic carbocycles. The molecule has 0 atom stereocenters. The Kier molecular flexibility index (Phi) is 3.39. The summed E-state index contributed by atoms with van der Waals surface area (Å²) in [7, 11) is 0. The van der Waals surface area contributed by atoms with Gasteiger partial charge < -0.3 is 0 Å². The van der Waals surface area contributed by atoms with E-state index in [4.69, 9.17) is 0 Å². The number of allylic oxidation sites excluding steroid dienone is 3. The molecule has 0 heterocycles. The Morgan fingerprint density at radius 1 is 1.71 bits per heavy atom. The van der Waals surface area contributed by atoms with Crippen LogP contribution in [-0.2, 0) is 0 Å². The summed E-state index contributed by atoms with van der Waals surface area (Å²) in [4.78, 5) is 0. The van der Waals surface area contributed by atoms with Crippen LogP contribution in [0.4, 0.5) is 0 Å². The summed E-state index contributed by atoms with van der Waals surface area (Å²) in [6.07, 6.45) is 4.81. The molecule has 0 rings (SSSR count). The van der Waals surface area contributed by atoms with Crippen LogP contribution >= 0.6 is 0 Å². The highest BCUT2D eigenvalue weighted by molar-refractivity contribution is 5.10. The van der Waals surface area contributed by atoms with Gasteiger partial charge in [-0.3, -0.25) is 0 Å². The second-order valence-corrected chi connectivity index (χ2v) is 1.54. The van der Waals surface area contributed by atoms with E-state index in [1.807, 2.05) is 19.1 Å². The van der Waals surface area contributed by atoms with Gasteiger partial charge in [0.2, 0.25) is 0 Å². The van der Waals surface area contributed by atoms with Crippen LogP contribution in [0.3, 0.4) is 0 Å². The van der Waals surface area contributed by atoms with Crippen molar-refractivity contribution in [1.82, 2.24) is 0 Å². The molecule has 7 heavy (non-hydrogen) atoms. The summed E-state index contributed by atoms with van der Waals surface area (Å²) >= 11 is 0. The zero-order valence-electron chi connectivity index (χ0n) is 4.78. The predicted octanol–water partition coefficient (Wildman–Crippen LogP) is 2.34. The maximum atomic E-state index is 3.68. The molecule has 0 amide bonds. The molecule has 0 spiro atoms. The summed E-state index contributed by atoms with van der Waals surface area (Å²) in [6.45, 7) is 9.27. The molecule has 0 aliphatic heterocycles. The minimum absolute atomic E-state index is 0.854. The lowest BCUT2D eigenvalue weighted by molar-refractivity contribution is 1.38. The van der Waals surface area contributed by atoms with E-state index < -0.39 is 0 Å². The lowest BCUT2D eigenvalue weighted by atomic mass is 10.3. The molecule has 0 fully saturated rings. The topological polar surface area (TPSA) is 0 Å². The van der Waals surface area contributed by atoms with E-state index in [1.165, 1.54) is 0 Å². The Bertz CT molecular complexity index is 78.0. The quantitative estimate of drug-likeness (QED) is 0.462. The minimum Gasteiger partial charge on any atom is -0.0961 e. The summed E-state index contributed by atoms with van der Waals surface area (Å²) < 4.78 is 0. The third-order valence-corrected chi connectivity index (χ3v) is 0.569. The van der Waals surface area contributed by atoms with E-state index in [1.54, 1.807) is 0 Å². The molecule has 0 heteroatoms. The maximum absolute atomic E-state index is 3.68. The van der Waals surface area contributed by atoms with Crippen molar-refractivity contribution in [2.75, 3.05) is 0 Å². The van der Waals surface area contributed by atoms with Crippen molar-refractivity contribution < 1.29 is 0 Å². The normalized spacial score (nSPS) is 10.0. The highest BCUT2D eigenvalue weighted by Crippen LogP contribution is 1.89. The lowest BCUT2D eigenvalue weighted by Crippen LogP contribution is -1.58.